The van der Waals surface area contributed by atoms with Crippen molar-refractivity contribution in [2.24, 2.45) is 5.92 Å². The number of aromatic amines is 1. The van der Waals surface area contributed by atoms with Gasteiger partial charge in [0.25, 0.3) is 5.82 Å². The number of pyridine rings is 1. The Morgan fingerprint density at radius 3 is 2.39 bits per heavy atom. The molecule has 146 valence electrons. The normalized spacial score (nSPS) is 15.1. The van der Waals surface area contributed by atoms with E-state index in [9.17, 15) is 18.0 Å². The second-order valence-corrected chi connectivity index (χ2v) is 6.74. The van der Waals surface area contributed by atoms with Crippen LogP contribution in [0.15, 0.2) is 42.6 Å². The van der Waals surface area contributed by atoms with Gasteiger partial charge in [0.2, 0.25) is 5.91 Å². The maximum Gasteiger partial charge on any atom is 0.419 e. The average molecular weight is 389 g/mol. The number of rotatable bonds is 4. The monoisotopic (exact) mass is 389 g/mol. The number of hydrogen-bond donors (Lipinski definition) is 1. The molecule has 0 spiro atoms. The molecule has 0 aliphatic carbocycles. The zero-order valence-electron chi connectivity index (χ0n) is 15.1. The van der Waals surface area contributed by atoms with Crippen LogP contribution in [0, 0.1) is 17.2 Å². The summed E-state index contributed by atoms with van der Waals surface area (Å²) in [6.45, 7) is 1.17. The Hall–Kier alpha value is -3.08. The lowest BCUT2D eigenvalue weighted by Crippen LogP contribution is -2.40. The van der Waals surface area contributed by atoms with Crippen molar-refractivity contribution in [1.29, 1.82) is 5.26 Å². The van der Waals surface area contributed by atoms with E-state index in [0.717, 1.165) is 17.8 Å². The lowest BCUT2D eigenvalue weighted by Gasteiger charge is -2.27. The highest BCUT2D eigenvalue weighted by atomic mass is 19.4. The van der Waals surface area contributed by atoms with Crippen LogP contribution in [0.5, 0.6) is 0 Å². The van der Waals surface area contributed by atoms with E-state index in [1.807, 2.05) is 17.0 Å². The Labute approximate surface area is 160 Å². The number of piperidine rings is 1. The van der Waals surface area contributed by atoms with E-state index in [1.54, 1.807) is 12.1 Å². The van der Waals surface area contributed by atoms with Gasteiger partial charge in [0.05, 0.1) is 31.1 Å². The highest BCUT2D eigenvalue weighted by molar-refractivity contribution is 5.92. The summed E-state index contributed by atoms with van der Waals surface area (Å²) in [7, 11) is 0. The van der Waals surface area contributed by atoms with Gasteiger partial charge in [0.1, 0.15) is 6.20 Å². The fraction of sp³-hybridized carbons (Fsp3) is 0.350. The first-order valence-corrected chi connectivity index (χ1v) is 8.97. The summed E-state index contributed by atoms with van der Waals surface area (Å²) in [4.78, 5) is 17.1. The SMILES string of the molecule is N#CCc1ccc(NC(=O)C2CCN(c3ccc(C(F)(F)F)c[nH+]3)CC2)cc1. The third-order valence-electron chi connectivity index (χ3n) is 4.83. The number of aromatic nitrogens is 1. The van der Waals surface area contributed by atoms with Crippen LogP contribution in [-0.4, -0.2) is 19.0 Å². The maximum atomic E-state index is 12.6. The summed E-state index contributed by atoms with van der Waals surface area (Å²) in [5, 5.41) is 11.6. The van der Waals surface area contributed by atoms with Crippen molar-refractivity contribution < 1.29 is 22.9 Å². The predicted octanol–water partition coefficient (Wildman–Crippen LogP) is 3.44. The van der Waals surface area contributed by atoms with Gasteiger partial charge in [-0.2, -0.15) is 18.4 Å². The second-order valence-electron chi connectivity index (χ2n) is 6.74. The Bertz CT molecular complexity index is 849. The number of nitriles is 1. The van der Waals surface area contributed by atoms with Crippen molar-refractivity contribution in [3.8, 4) is 6.07 Å². The summed E-state index contributed by atoms with van der Waals surface area (Å²) in [5.41, 5.74) is 0.859. The molecule has 3 rings (SSSR count). The number of halogens is 3. The highest BCUT2D eigenvalue weighted by Crippen LogP contribution is 2.29. The molecule has 1 aromatic heterocycles. The van der Waals surface area contributed by atoms with Crippen LogP contribution in [0.3, 0.4) is 0 Å². The maximum absolute atomic E-state index is 12.6. The molecule has 2 heterocycles. The number of nitrogens with zero attached hydrogens (tertiary/aromatic N) is 2. The first-order chi connectivity index (χ1) is 13.4. The fourth-order valence-corrected chi connectivity index (χ4v) is 3.21. The van der Waals surface area contributed by atoms with Crippen molar-refractivity contribution in [2.75, 3.05) is 23.3 Å². The molecule has 1 aliphatic rings. The van der Waals surface area contributed by atoms with E-state index in [1.165, 1.54) is 6.07 Å². The summed E-state index contributed by atoms with van der Waals surface area (Å²) in [5.74, 6) is 0.397. The number of amides is 1. The summed E-state index contributed by atoms with van der Waals surface area (Å²) in [6, 6.07) is 11.7. The first kappa shape index (κ1) is 19.7. The van der Waals surface area contributed by atoms with Crippen LogP contribution in [0.25, 0.3) is 0 Å². The molecule has 0 atom stereocenters. The van der Waals surface area contributed by atoms with Crippen LogP contribution < -0.4 is 15.2 Å². The zero-order chi connectivity index (χ0) is 20.1. The van der Waals surface area contributed by atoms with Gasteiger partial charge in [-0.15, -0.1) is 0 Å². The second kappa shape index (κ2) is 8.30. The Balaban J connectivity index is 1.53. The van der Waals surface area contributed by atoms with Crippen molar-refractivity contribution in [3.63, 3.8) is 0 Å². The van der Waals surface area contributed by atoms with E-state index in [-0.39, 0.29) is 11.8 Å². The van der Waals surface area contributed by atoms with E-state index in [4.69, 9.17) is 5.26 Å². The van der Waals surface area contributed by atoms with Gasteiger partial charge < -0.3 is 5.32 Å². The van der Waals surface area contributed by atoms with Crippen LogP contribution in [-0.2, 0) is 17.4 Å². The van der Waals surface area contributed by atoms with Crippen molar-refractivity contribution in [2.45, 2.75) is 25.4 Å². The molecule has 8 heteroatoms. The smallest absolute Gasteiger partial charge is 0.326 e. The van der Waals surface area contributed by atoms with E-state index < -0.39 is 11.7 Å². The summed E-state index contributed by atoms with van der Waals surface area (Å²) < 4.78 is 37.9. The van der Waals surface area contributed by atoms with E-state index in [0.29, 0.717) is 43.9 Å². The molecule has 0 unspecified atom stereocenters. The summed E-state index contributed by atoms with van der Waals surface area (Å²) >= 11 is 0. The number of nitrogens with one attached hydrogen (secondary N) is 2. The van der Waals surface area contributed by atoms with Gasteiger partial charge in [-0.25, -0.2) is 4.98 Å². The standard InChI is InChI=1S/C20H19F3N4O/c21-20(22,23)16-3-6-18(25-13-16)27-11-8-15(9-12-27)19(28)26-17-4-1-14(2-5-17)7-10-24/h1-6,13,15H,7-9,11-12H2,(H,26,28)/p+1. The number of carbonyl (C=O) groups excluding carboxylic acids is 1. The van der Waals surface area contributed by atoms with Crippen molar-refractivity contribution in [3.05, 3.63) is 53.7 Å². The fourth-order valence-electron chi connectivity index (χ4n) is 3.21. The van der Waals surface area contributed by atoms with E-state index >= 15 is 0 Å². The average Bonchev–Trinajstić information content (AvgIpc) is 2.69. The lowest BCUT2D eigenvalue weighted by molar-refractivity contribution is -0.367. The molecule has 1 aliphatic heterocycles. The molecule has 0 bridgehead atoms. The van der Waals surface area contributed by atoms with Crippen molar-refractivity contribution >= 4 is 17.4 Å². The zero-order valence-corrected chi connectivity index (χ0v) is 15.1. The number of carbonyl (C=O) groups is 1. The molecular formula is C20H20F3N4O+. The predicted molar refractivity (Wildman–Crippen MR) is 97.3 cm³/mol. The molecule has 1 aromatic carbocycles. The highest BCUT2D eigenvalue weighted by Gasteiger charge is 2.33. The Morgan fingerprint density at radius 2 is 1.86 bits per heavy atom. The molecule has 1 amide bonds. The molecule has 28 heavy (non-hydrogen) atoms. The minimum atomic E-state index is -4.37. The first-order valence-electron chi connectivity index (χ1n) is 8.97. The van der Waals surface area contributed by atoms with Crippen LogP contribution in [0.2, 0.25) is 0 Å². The third kappa shape index (κ3) is 4.80. The molecule has 1 fully saturated rings. The number of alkyl halides is 3. The number of hydrogen-bond acceptors (Lipinski definition) is 3. The van der Waals surface area contributed by atoms with Crippen LogP contribution >= 0.6 is 0 Å². The van der Waals surface area contributed by atoms with Gasteiger partial charge in [-0.3, -0.25) is 9.69 Å². The molecule has 0 radical (unpaired) electrons. The topological polar surface area (TPSA) is 70.3 Å². The van der Waals surface area contributed by atoms with Gasteiger partial charge >= 0.3 is 6.18 Å². The third-order valence-corrected chi connectivity index (χ3v) is 4.83. The molecule has 2 aromatic rings. The Morgan fingerprint density at radius 1 is 1.18 bits per heavy atom. The quantitative estimate of drug-likeness (QED) is 0.871. The number of anilines is 2. The molecule has 5 nitrogen and oxygen atoms in total. The Kier molecular flexibility index (Phi) is 5.83. The molecular weight excluding hydrogens is 369 g/mol. The number of H-pyrrole nitrogens is 1. The van der Waals surface area contributed by atoms with Gasteiger partial charge in [0.15, 0.2) is 0 Å². The minimum Gasteiger partial charge on any atom is -0.326 e. The molecule has 2 N–H and O–H groups in total. The molecule has 1 saturated heterocycles. The largest absolute Gasteiger partial charge is 0.419 e. The molecule has 0 saturated carbocycles. The summed E-state index contributed by atoms with van der Waals surface area (Å²) in [6.07, 6.45) is -1.84. The van der Waals surface area contributed by atoms with Gasteiger partial charge in [-0.05, 0) is 36.6 Å². The minimum absolute atomic E-state index is 0.0657. The number of benzene rings is 1. The van der Waals surface area contributed by atoms with Crippen LogP contribution in [0.4, 0.5) is 24.7 Å². The van der Waals surface area contributed by atoms with Crippen molar-refractivity contribution in [1.82, 2.24) is 0 Å². The van der Waals surface area contributed by atoms with E-state index in [2.05, 4.69) is 16.4 Å². The van der Waals surface area contributed by atoms with Gasteiger partial charge in [-0.1, -0.05) is 12.1 Å². The van der Waals surface area contributed by atoms with Crippen LogP contribution in [0.1, 0.15) is 24.0 Å². The lowest BCUT2D eigenvalue weighted by atomic mass is 9.95. The van der Waals surface area contributed by atoms with Gasteiger partial charge in [0, 0.05) is 17.7 Å².